The van der Waals surface area contributed by atoms with Gasteiger partial charge in [-0.15, -0.1) is 0 Å². The van der Waals surface area contributed by atoms with Gasteiger partial charge >= 0.3 is 5.97 Å². The Morgan fingerprint density at radius 1 is 1.45 bits per heavy atom. The van der Waals surface area contributed by atoms with Crippen LogP contribution in [0.2, 0.25) is 0 Å². The summed E-state index contributed by atoms with van der Waals surface area (Å²) in [5, 5.41) is 9.03. The van der Waals surface area contributed by atoms with Crippen molar-refractivity contribution in [1.29, 1.82) is 5.26 Å². The van der Waals surface area contributed by atoms with E-state index in [-0.39, 0.29) is 17.8 Å². The Balaban J connectivity index is 2.21. The van der Waals surface area contributed by atoms with E-state index < -0.39 is 5.92 Å². The van der Waals surface area contributed by atoms with Crippen LogP contribution < -0.4 is 0 Å². The average Bonchev–Trinajstić information content (AvgIpc) is 2.47. The molecule has 2 rings (SSSR count). The Morgan fingerprint density at radius 2 is 2.15 bits per heavy atom. The first kappa shape index (κ1) is 14.1. The molecule has 0 unspecified atom stereocenters. The van der Waals surface area contributed by atoms with Crippen molar-refractivity contribution in [2.24, 2.45) is 5.92 Å². The molecule has 0 aliphatic carbocycles. The van der Waals surface area contributed by atoms with E-state index in [1.807, 2.05) is 37.3 Å². The van der Waals surface area contributed by atoms with Crippen LogP contribution in [0.15, 0.2) is 36.1 Å². The highest BCUT2D eigenvalue weighted by Gasteiger charge is 2.30. The number of nitriles is 1. The molecule has 2 atom stereocenters. The van der Waals surface area contributed by atoms with Gasteiger partial charge in [0.25, 0.3) is 0 Å². The highest BCUT2D eigenvalue weighted by atomic mass is 16.5. The van der Waals surface area contributed by atoms with Crippen molar-refractivity contribution in [3.8, 4) is 6.07 Å². The lowest BCUT2D eigenvalue weighted by molar-refractivity contribution is -0.148. The summed E-state index contributed by atoms with van der Waals surface area (Å²) in [4.78, 5) is 11.9. The van der Waals surface area contributed by atoms with Gasteiger partial charge in [-0.1, -0.05) is 29.8 Å². The van der Waals surface area contributed by atoms with Crippen LogP contribution in [0, 0.1) is 24.2 Å². The third kappa shape index (κ3) is 3.18. The Bertz CT molecular complexity index is 554. The molecule has 4 heteroatoms. The van der Waals surface area contributed by atoms with Crippen molar-refractivity contribution < 1.29 is 14.3 Å². The molecular weight excluding hydrogens is 254 g/mol. The maximum atomic E-state index is 11.9. The second kappa shape index (κ2) is 6.25. The number of allylic oxidation sites excluding steroid dienone is 1. The largest absolute Gasteiger partial charge is 0.476 e. The van der Waals surface area contributed by atoms with E-state index in [2.05, 4.69) is 0 Å². The summed E-state index contributed by atoms with van der Waals surface area (Å²) in [5.41, 5.74) is 2.12. The minimum Gasteiger partial charge on any atom is -0.476 e. The number of aryl methyl sites for hydroxylation is 1. The van der Waals surface area contributed by atoms with Gasteiger partial charge in [-0.25, -0.2) is 0 Å². The first-order chi connectivity index (χ1) is 9.63. The summed E-state index contributed by atoms with van der Waals surface area (Å²) >= 11 is 0. The van der Waals surface area contributed by atoms with Gasteiger partial charge in [0.2, 0.25) is 0 Å². The van der Waals surface area contributed by atoms with Crippen LogP contribution in [-0.2, 0) is 14.3 Å². The molecule has 104 valence electrons. The Kier molecular flexibility index (Phi) is 4.41. The summed E-state index contributed by atoms with van der Waals surface area (Å²) in [6.07, 6.45) is 1.75. The number of carbonyl (C=O) groups is 1. The number of rotatable bonds is 3. The zero-order chi connectivity index (χ0) is 14.5. The van der Waals surface area contributed by atoms with E-state index in [0.29, 0.717) is 13.0 Å². The minimum absolute atomic E-state index is 0.180. The Hall–Kier alpha value is -2.28. The number of hydrogen-bond acceptors (Lipinski definition) is 4. The standard InChI is InChI=1S/C16H17NO3/c1-3-19-16(18)13-8-14(10-17)20-15(9-13)12-6-4-11(2)5-7-12/h4-8,13,15H,3,9H2,1-2H3/t13-,15-/m0/s1. The molecule has 20 heavy (non-hydrogen) atoms. The van der Waals surface area contributed by atoms with Crippen LogP contribution in [-0.4, -0.2) is 12.6 Å². The molecule has 0 amide bonds. The Labute approximate surface area is 118 Å². The molecule has 0 saturated heterocycles. The van der Waals surface area contributed by atoms with E-state index in [1.165, 1.54) is 0 Å². The van der Waals surface area contributed by atoms with Gasteiger partial charge in [0, 0.05) is 6.42 Å². The predicted molar refractivity (Wildman–Crippen MR) is 73.4 cm³/mol. The van der Waals surface area contributed by atoms with Gasteiger partial charge in [0.1, 0.15) is 12.2 Å². The van der Waals surface area contributed by atoms with Crippen LogP contribution >= 0.6 is 0 Å². The van der Waals surface area contributed by atoms with Crippen molar-refractivity contribution in [2.75, 3.05) is 6.61 Å². The van der Waals surface area contributed by atoms with Crippen molar-refractivity contribution in [3.05, 3.63) is 47.2 Å². The van der Waals surface area contributed by atoms with Gasteiger partial charge in [-0.2, -0.15) is 5.26 Å². The SMILES string of the molecule is CCOC(=O)[C@H]1C=C(C#N)O[C@H](c2ccc(C)cc2)C1. The molecule has 1 aliphatic rings. The van der Waals surface area contributed by atoms with Crippen LogP contribution in [0.4, 0.5) is 0 Å². The van der Waals surface area contributed by atoms with E-state index in [0.717, 1.165) is 11.1 Å². The maximum absolute atomic E-state index is 11.9. The van der Waals surface area contributed by atoms with Crippen molar-refractivity contribution >= 4 is 5.97 Å². The molecule has 1 heterocycles. The summed E-state index contributed by atoms with van der Waals surface area (Å²) in [6, 6.07) is 9.87. The molecular formula is C16H17NO3. The fraction of sp³-hybridized carbons (Fsp3) is 0.375. The number of benzene rings is 1. The lowest BCUT2D eigenvalue weighted by Crippen LogP contribution is -2.23. The number of nitrogens with zero attached hydrogens (tertiary/aromatic N) is 1. The van der Waals surface area contributed by atoms with Gasteiger partial charge in [0.15, 0.2) is 5.76 Å². The molecule has 0 aromatic heterocycles. The number of esters is 1. The van der Waals surface area contributed by atoms with Crippen LogP contribution in [0.5, 0.6) is 0 Å². The molecule has 0 bridgehead atoms. The molecule has 1 aliphatic heterocycles. The average molecular weight is 271 g/mol. The van der Waals surface area contributed by atoms with Gasteiger partial charge in [-0.3, -0.25) is 4.79 Å². The molecule has 0 radical (unpaired) electrons. The zero-order valence-electron chi connectivity index (χ0n) is 11.6. The summed E-state index contributed by atoms with van der Waals surface area (Å²) in [5.74, 6) is -0.551. The molecule has 0 saturated carbocycles. The third-order valence-corrected chi connectivity index (χ3v) is 3.24. The fourth-order valence-electron chi connectivity index (χ4n) is 2.18. The molecule has 0 fully saturated rings. The van der Waals surface area contributed by atoms with E-state index in [1.54, 1.807) is 13.0 Å². The fourth-order valence-corrected chi connectivity index (χ4v) is 2.18. The van der Waals surface area contributed by atoms with Gasteiger partial charge in [-0.05, 0) is 25.5 Å². The zero-order valence-corrected chi connectivity index (χ0v) is 11.6. The summed E-state index contributed by atoms with van der Waals surface area (Å²) in [6.45, 7) is 4.11. The van der Waals surface area contributed by atoms with Gasteiger partial charge < -0.3 is 9.47 Å². The summed E-state index contributed by atoms with van der Waals surface area (Å²) in [7, 11) is 0. The second-order valence-electron chi connectivity index (χ2n) is 4.75. The number of ether oxygens (including phenoxy) is 2. The van der Waals surface area contributed by atoms with Crippen LogP contribution in [0.1, 0.15) is 30.6 Å². The number of hydrogen-bond donors (Lipinski definition) is 0. The quantitative estimate of drug-likeness (QED) is 0.793. The van der Waals surface area contributed by atoms with E-state index >= 15 is 0 Å². The predicted octanol–water partition coefficient (Wildman–Crippen LogP) is 3.04. The van der Waals surface area contributed by atoms with Crippen molar-refractivity contribution in [3.63, 3.8) is 0 Å². The van der Waals surface area contributed by atoms with E-state index in [4.69, 9.17) is 14.7 Å². The first-order valence-electron chi connectivity index (χ1n) is 6.65. The molecule has 1 aromatic carbocycles. The highest BCUT2D eigenvalue weighted by Crippen LogP contribution is 2.33. The molecule has 0 spiro atoms. The van der Waals surface area contributed by atoms with Crippen molar-refractivity contribution in [2.45, 2.75) is 26.4 Å². The first-order valence-corrected chi connectivity index (χ1v) is 6.65. The normalized spacial score (nSPS) is 21.4. The minimum atomic E-state index is -0.426. The second-order valence-corrected chi connectivity index (χ2v) is 4.75. The topological polar surface area (TPSA) is 59.3 Å². The monoisotopic (exact) mass is 271 g/mol. The lowest BCUT2D eigenvalue weighted by Gasteiger charge is -2.26. The lowest BCUT2D eigenvalue weighted by atomic mass is 9.93. The highest BCUT2D eigenvalue weighted by molar-refractivity contribution is 5.75. The third-order valence-electron chi connectivity index (χ3n) is 3.24. The van der Waals surface area contributed by atoms with Crippen molar-refractivity contribution in [1.82, 2.24) is 0 Å². The van der Waals surface area contributed by atoms with E-state index in [9.17, 15) is 4.79 Å². The molecule has 1 aromatic rings. The Morgan fingerprint density at radius 3 is 2.75 bits per heavy atom. The number of carbonyl (C=O) groups excluding carboxylic acids is 1. The van der Waals surface area contributed by atoms with Crippen LogP contribution in [0.3, 0.4) is 0 Å². The van der Waals surface area contributed by atoms with Gasteiger partial charge in [0.05, 0.1) is 12.5 Å². The maximum Gasteiger partial charge on any atom is 0.313 e. The summed E-state index contributed by atoms with van der Waals surface area (Å²) < 4.78 is 10.6. The molecule has 0 N–H and O–H groups in total. The van der Waals surface area contributed by atoms with Crippen LogP contribution in [0.25, 0.3) is 0 Å². The molecule has 4 nitrogen and oxygen atoms in total. The smallest absolute Gasteiger partial charge is 0.313 e.